The summed E-state index contributed by atoms with van der Waals surface area (Å²) >= 11 is 5.99. The zero-order valence-corrected chi connectivity index (χ0v) is 16.3. The number of amides is 1. The van der Waals surface area contributed by atoms with Crippen molar-refractivity contribution in [2.24, 2.45) is 0 Å². The number of hydrogen-bond donors (Lipinski definition) is 2. The number of nitrogens with zero attached hydrogens (tertiary/aromatic N) is 1. The van der Waals surface area contributed by atoms with Gasteiger partial charge in [0.2, 0.25) is 0 Å². The number of anilines is 3. The molecule has 6 nitrogen and oxygen atoms in total. The lowest BCUT2D eigenvalue weighted by Crippen LogP contribution is -2.13. The van der Waals surface area contributed by atoms with Crippen LogP contribution in [0.15, 0.2) is 60.8 Å². The summed E-state index contributed by atoms with van der Waals surface area (Å²) < 4.78 is 10.7. The van der Waals surface area contributed by atoms with Crippen LogP contribution < -0.4 is 20.1 Å². The van der Waals surface area contributed by atoms with Gasteiger partial charge in [0.15, 0.2) is 0 Å². The number of carbonyl (C=O) groups is 1. The molecule has 0 saturated heterocycles. The van der Waals surface area contributed by atoms with Crippen molar-refractivity contribution in [1.29, 1.82) is 0 Å². The first-order chi connectivity index (χ1) is 13.6. The molecule has 1 aromatic heterocycles. The summed E-state index contributed by atoms with van der Waals surface area (Å²) in [7, 11) is 1.53. The first-order valence-electron chi connectivity index (χ1n) is 8.70. The number of benzene rings is 2. The summed E-state index contributed by atoms with van der Waals surface area (Å²) in [5, 5.41) is 6.47. The van der Waals surface area contributed by atoms with Gasteiger partial charge in [-0.1, -0.05) is 11.6 Å². The van der Waals surface area contributed by atoms with Crippen LogP contribution in [0, 0.1) is 0 Å². The highest BCUT2D eigenvalue weighted by atomic mass is 35.5. The van der Waals surface area contributed by atoms with Gasteiger partial charge in [0.05, 0.1) is 25.0 Å². The highest BCUT2D eigenvalue weighted by Crippen LogP contribution is 2.28. The molecule has 0 unspecified atom stereocenters. The van der Waals surface area contributed by atoms with E-state index in [1.165, 1.54) is 13.3 Å². The van der Waals surface area contributed by atoms with E-state index in [4.69, 9.17) is 21.1 Å². The summed E-state index contributed by atoms with van der Waals surface area (Å²) in [6.07, 6.45) is 1.50. The molecular weight excluding hydrogens is 378 g/mol. The predicted molar refractivity (Wildman–Crippen MR) is 111 cm³/mol. The number of methoxy groups -OCH3 is 1. The van der Waals surface area contributed by atoms with Crippen molar-refractivity contribution in [3.8, 4) is 11.5 Å². The van der Waals surface area contributed by atoms with E-state index in [9.17, 15) is 4.79 Å². The molecule has 0 aliphatic heterocycles. The highest BCUT2D eigenvalue weighted by molar-refractivity contribution is 6.31. The molecule has 0 spiro atoms. The van der Waals surface area contributed by atoms with Crippen LogP contribution >= 0.6 is 11.6 Å². The molecule has 28 heavy (non-hydrogen) atoms. The lowest BCUT2D eigenvalue weighted by molar-refractivity contribution is 0.102. The van der Waals surface area contributed by atoms with Gasteiger partial charge < -0.3 is 20.1 Å². The summed E-state index contributed by atoms with van der Waals surface area (Å²) in [5.74, 6) is 1.66. The lowest BCUT2D eigenvalue weighted by Gasteiger charge is -2.11. The fourth-order valence-electron chi connectivity index (χ4n) is 2.52. The number of pyridine rings is 1. The molecule has 0 atom stereocenters. The van der Waals surface area contributed by atoms with E-state index >= 15 is 0 Å². The Morgan fingerprint density at radius 2 is 1.89 bits per heavy atom. The summed E-state index contributed by atoms with van der Waals surface area (Å²) in [4.78, 5) is 16.8. The van der Waals surface area contributed by atoms with Crippen molar-refractivity contribution in [3.05, 3.63) is 71.4 Å². The van der Waals surface area contributed by atoms with Gasteiger partial charge in [-0.25, -0.2) is 4.98 Å². The largest absolute Gasteiger partial charge is 0.495 e. The molecule has 0 fully saturated rings. The van der Waals surface area contributed by atoms with Crippen molar-refractivity contribution in [2.45, 2.75) is 6.92 Å². The Bertz CT molecular complexity index is 944. The van der Waals surface area contributed by atoms with E-state index in [2.05, 4.69) is 15.6 Å². The van der Waals surface area contributed by atoms with E-state index in [-0.39, 0.29) is 5.91 Å². The number of halogens is 1. The smallest absolute Gasteiger partial charge is 0.257 e. The lowest BCUT2D eigenvalue weighted by atomic mass is 10.2. The molecule has 0 aliphatic rings. The third kappa shape index (κ3) is 4.92. The van der Waals surface area contributed by atoms with Gasteiger partial charge in [0.1, 0.15) is 17.3 Å². The third-order valence-electron chi connectivity index (χ3n) is 3.87. The molecular formula is C21H20ClN3O3. The maximum atomic E-state index is 12.5. The van der Waals surface area contributed by atoms with Gasteiger partial charge in [-0.2, -0.15) is 0 Å². The molecule has 3 rings (SSSR count). The average Bonchev–Trinajstić information content (AvgIpc) is 2.70. The molecule has 1 amide bonds. The van der Waals surface area contributed by atoms with Crippen molar-refractivity contribution >= 4 is 34.7 Å². The zero-order valence-electron chi connectivity index (χ0n) is 15.5. The Morgan fingerprint density at radius 1 is 1.11 bits per heavy atom. The van der Waals surface area contributed by atoms with Crippen molar-refractivity contribution < 1.29 is 14.3 Å². The molecule has 144 valence electrons. The third-order valence-corrected chi connectivity index (χ3v) is 4.11. The summed E-state index contributed by atoms with van der Waals surface area (Å²) in [6, 6.07) is 16.0. The number of hydrogen-bond acceptors (Lipinski definition) is 5. The van der Waals surface area contributed by atoms with Crippen LogP contribution in [0.1, 0.15) is 17.3 Å². The standard InChI is InChI=1S/C21H20ClN3O3/c1-3-28-17-8-6-16(7-9-17)24-20-11-4-14(13-23-20)21(26)25-18-12-15(22)5-10-19(18)27-2/h4-13H,3H2,1-2H3,(H,23,24)(H,25,26). The number of nitrogens with one attached hydrogen (secondary N) is 2. The van der Waals surface area contributed by atoms with E-state index in [1.807, 2.05) is 31.2 Å². The number of aromatic nitrogens is 1. The van der Waals surface area contributed by atoms with Crippen LogP contribution in [-0.4, -0.2) is 24.6 Å². The van der Waals surface area contributed by atoms with Crippen LogP contribution in [0.3, 0.4) is 0 Å². The molecule has 2 aromatic carbocycles. The normalized spacial score (nSPS) is 10.2. The predicted octanol–water partition coefficient (Wildman–Crippen LogP) is 5.14. The first kappa shape index (κ1) is 19.5. The summed E-state index contributed by atoms with van der Waals surface area (Å²) in [6.45, 7) is 2.56. The van der Waals surface area contributed by atoms with E-state index in [0.29, 0.717) is 34.4 Å². The minimum atomic E-state index is -0.305. The minimum absolute atomic E-state index is 0.305. The molecule has 2 N–H and O–H groups in total. The fourth-order valence-corrected chi connectivity index (χ4v) is 2.70. The van der Waals surface area contributed by atoms with Gasteiger partial charge in [0, 0.05) is 16.9 Å². The van der Waals surface area contributed by atoms with Crippen molar-refractivity contribution in [2.75, 3.05) is 24.4 Å². The molecule has 0 aliphatic carbocycles. The van der Waals surface area contributed by atoms with Crippen LogP contribution in [0.25, 0.3) is 0 Å². The topological polar surface area (TPSA) is 72.5 Å². The van der Waals surface area contributed by atoms with Crippen LogP contribution in [0.2, 0.25) is 5.02 Å². The highest BCUT2D eigenvalue weighted by Gasteiger charge is 2.11. The zero-order chi connectivity index (χ0) is 19.9. The molecule has 0 radical (unpaired) electrons. The van der Waals surface area contributed by atoms with E-state index in [0.717, 1.165) is 11.4 Å². The maximum absolute atomic E-state index is 12.5. The fraction of sp³-hybridized carbons (Fsp3) is 0.143. The van der Waals surface area contributed by atoms with Gasteiger partial charge in [-0.3, -0.25) is 4.79 Å². The molecule has 1 heterocycles. The second kappa shape index (κ2) is 9.10. The van der Waals surface area contributed by atoms with Gasteiger partial charge in [0.25, 0.3) is 5.91 Å². The Balaban J connectivity index is 1.66. The monoisotopic (exact) mass is 397 g/mol. The second-order valence-corrected chi connectivity index (χ2v) is 6.25. The second-order valence-electron chi connectivity index (χ2n) is 5.81. The Hall–Kier alpha value is -3.25. The molecule has 0 bridgehead atoms. The maximum Gasteiger partial charge on any atom is 0.257 e. The Morgan fingerprint density at radius 3 is 2.54 bits per heavy atom. The Labute approximate surface area is 168 Å². The number of carbonyl (C=O) groups excluding carboxylic acids is 1. The van der Waals surface area contributed by atoms with Gasteiger partial charge in [-0.15, -0.1) is 0 Å². The first-order valence-corrected chi connectivity index (χ1v) is 9.07. The molecule has 7 heteroatoms. The quantitative estimate of drug-likeness (QED) is 0.577. The molecule has 0 saturated carbocycles. The molecule has 3 aromatic rings. The van der Waals surface area contributed by atoms with Crippen LogP contribution in [-0.2, 0) is 0 Å². The Kier molecular flexibility index (Phi) is 6.34. The average molecular weight is 398 g/mol. The van der Waals surface area contributed by atoms with Crippen molar-refractivity contribution in [1.82, 2.24) is 4.98 Å². The van der Waals surface area contributed by atoms with Gasteiger partial charge in [-0.05, 0) is 61.5 Å². The van der Waals surface area contributed by atoms with Crippen LogP contribution in [0.5, 0.6) is 11.5 Å². The van der Waals surface area contributed by atoms with Gasteiger partial charge >= 0.3 is 0 Å². The van der Waals surface area contributed by atoms with Crippen molar-refractivity contribution in [3.63, 3.8) is 0 Å². The van der Waals surface area contributed by atoms with E-state index < -0.39 is 0 Å². The minimum Gasteiger partial charge on any atom is -0.495 e. The number of ether oxygens (including phenoxy) is 2. The van der Waals surface area contributed by atoms with E-state index in [1.54, 1.807) is 30.3 Å². The number of rotatable bonds is 7. The summed E-state index contributed by atoms with van der Waals surface area (Å²) in [5.41, 5.74) is 1.78. The SMILES string of the molecule is CCOc1ccc(Nc2ccc(C(=O)Nc3cc(Cl)ccc3OC)cn2)cc1. The van der Waals surface area contributed by atoms with Crippen LogP contribution in [0.4, 0.5) is 17.2 Å².